The van der Waals surface area contributed by atoms with Crippen LogP contribution in [-0.2, 0) is 5.41 Å². The monoisotopic (exact) mass is 595 g/mol. The van der Waals surface area contributed by atoms with Gasteiger partial charge in [0, 0.05) is 50.1 Å². The van der Waals surface area contributed by atoms with Gasteiger partial charge in [-0.2, -0.15) is 0 Å². The van der Waals surface area contributed by atoms with Crippen molar-refractivity contribution < 1.29 is 19.4 Å². The quantitative estimate of drug-likeness (QED) is 0.352. The third-order valence-electron chi connectivity index (χ3n) is 9.84. The lowest BCUT2D eigenvalue weighted by atomic mass is 9.82. The van der Waals surface area contributed by atoms with E-state index in [4.69, 9.17) is 4.74 Å². The first-order chi connectivity index (χ1) is 21.1. The van der Waals surface area contributed by atoms with Crippen molar-refractivity contribution in [3.05, 3.63) is 77.4 Å². The fourth-order valence-corrected chi connectivity index (χ4v) is 7.24. The highest BCUT2D eigenvalue weighted by molar-refractivity contribution is 5.91. The summed E-state index contributed by atoms with van der Waals surface area (Å²) in [5.41, 5.74) is 3.99. The minimum absolute atomic E-state index is 0.00244. The average molecular weight is 596 g/mol. The van der Waals surface area contributed by atoms with E-state index < -0.39 is 5.97 Å². The SMILES string of the molecule is COc1cccc([C@@]2(C)CCN(c3cc(C)c4nc(C(=O)N5CC[C@@]6(CCN(c7cccc(C(=O)O)n7)C6)C5)nn4c3)C2)c1. The zero-order valence-corrected chi connectivity index (χ0v) is 25.4. The number of anilines is 2. The normalized spacial score (nSPS) is 23.3. The number of carboxylic acid groups (broad SMARTS) is 1. The van der Waals surface area contributed by atoms with Crippen molar-refractivity contribution in [2.24, 2.45) is 5.41 Å². The molecule has 1 N–H and O–H groups in total. The van der Waals surface area contributed by atoms with Crippen LogP contribution in [0.15, 0.2) is 54.7 Å². The Labute approximate surface area is 256 Å². The third-order valence-corrected chi connectivity index (χ3v) is 9.84. The molecule has 1 spiro atoms. The second kappa shape index (κ2) is 10.5. The Morgan fingerprint density at radius 2 is 1.73 bits per heavy atom. The number of pyridine rings is 2. The zero-order valence-electron chi connectivity index (χ0n) is 25.4. The molecule has 2 atom stereocenters. The standard InChI is InChI=1S/C33H37N7O4/c1-22-16-24(37-13-10-32(2,19-37)23-6-4-7-25(17-23)44-3)18-40-29(22)35-28(36-40)30(41)39-15-12-33(21-39)11-14-38(20-33)27-9-5-8-26(34-27)31(42)43/h4-9,16-18H,10-15,19-21H2,1-3H3,(H,42,43)/t32-,33+/m0/s1. The topological polar surface area (TPSA) is 116 Å². The molecule has 3 aliphatic heterocycles. The number of aromatic carboxylic acids is 1. The van der Waals surface area contributed by atoms with Crippen LogP contribution in [0.4, 0.5) is 11.5 Å². The van der Waals surface area contributed by atoms with Crippen LogP contribution in [-0.4, -0.2) is 87.8 Å². The van der Waals surface area contributed by atoms with E-state index in [0.29, 0.717) is 24.6 Å². The molecule has 0 saturated carbocycles. The molecule has 6 heterocycles. The fourth-order valence-electron chi connectivity index (χ4n) is 7.24. The molecule has 11 heteroatoms. The van der Waals surface area contributed by atoms with Gasteiger partial charge in [0.15, 0.2) is 11.3 Å². The van der Waals surface area contributed by atoms with Gasteiger partial charge in [-0.3, -0.25) is 4.79 Å². The van der Waals surface area contributed by atoms with Crippen LogP contribution >= 0.6 is 0 Å². The number of hydrogen-bond acceptors (Lipinski definition) is 8. The minimum Gasteiger partial charge on any atom is -0.497 e. The van der Waals surface area contributed by atoms with Gasteiger partial charge in [-0.1, -0.05) is 25.1 Å². The van der Waals surface area contributed by atoms with E-state index in [-0.39, 0.29) is 28.3 Å². The van der Waals surface area contributed by atoms with Crippen molar-refractivity contribution in [3.8, 4) is 5.75 Å². The van der Waals surface area contributed by atoms with E-state index in [1.807, 2.05) is 30.2 Å². The summed E-state index contributed by atoms with van der Waals surface area (Å²) in [6.45, 7) is 8.89. The third kappa shape index (κ3) is 4.89. The number of nitrogens with zero attached hydrogens (tertiary/aromatic N) is 7. The maximum Gasteiger partial charge on any atom is 0.354 e. The number of amides is 1. The van der Waals surface area contributed by atoms with Crippen LogP contribution in [0.25, 0.3) is 5.65 Å². The molecule has 4 aromatic rings. The molecular weight excluding hydrogens is 558 g/mol. The molecule has 11 nitrogen and oxygen atoms in total. The summed E-state index contributed by atoms with van der Waals surface area (Å²) in [7, 11) is 1.70. The first kappa shape index (κ1) is 28.1. The second-order valence-electron chi connectivity index (χ2n) is 12.9. The molecule has 3 fully saturated rings. The molecular formula is C33H37N7O4. The number of hydrogen-bond donors (Lipinski definition) is 1. The molecule has 3 saturated heterocycles. The highest BCUT2D eigenvalue weighted by Gasteiger charge is 2.46. The largest absolute Gasteiger partial charge is 0.497 e. The number of carboxylic acids is 1. The number of likely N-dealkylation sites (tertiary alicyclic amines) is 1. The van der Waals surface area contributed by atoms with Crippen molar-refractivity contribution >= 4 is 29.0 Å². The average Bonchev–Trinajstić information content (AvgIpc) is 3.84. The van der Waals surface area contributed by atoms with Crippen LogP contribution in [0.3, 0.4) is 0 Å². The van der Waals surface area contributed by atoms with E-state index in [1.54, 1.807) is 17.7 Å². The first-order valence-corrected chi connectivity index (χ1v) is 15.2. The van der Waals surface area contributed by atoms with Gasteiger partial charge in [0.1, 0.15) is 11.6 Å². The van der Waals surface area contributed by atoms with Gasteiger partial charge >= 0.3 is 5.97 Å². The molecule has 1 aromatic carbocycles. The molecule has 0 bridgehead atoms. The number of aryl methyl sites for hydroxylation is 1. The van der Waals surface area contributed by atoms with E-state index >= 15 is 0 Å². The zero-order chi connectivity index (χ0) is 30.6. The van der Waals surface area contributed by atoms with Gasteiger partial charge in [0.05, 0.1) is 19.0 Å². The van der Waals surface area contributed by atoms with Crippen LogP contribution < -0.4 is 14.5 Å². The molecule has 228 valence electrons. The molecule has 1 amide bonds. The summed E-state index contributed by atoms with van der Waals surface area (Å²) in [6, 6.07) is 15.6. The summed E-state index contributed by atoms with van der Waals surface area (Å²) >= 11 is 0. The Kier molecular flexibility index (Phi) is 6.71. The second-order valence-corrected chi connectivity index (χ2v) is 12.9. The highest BCUT2D eigenvalue weighted by atomic mass is 16.5. The summed E-state index contributed by atoms with van der Waals surface area (Å²) in [5, 5.41) is 14.0. The predicted molar refractivity (Wildman–Crippen MR) is 166 cm³/mol. The number of aromatic nitrogens is 4. The van der Waals surface area contributed by atoms with Crippen molar-refractivity contribution in [3.63, 3.8) is 0 Å². The molecule has 44 heavy (non-hydrogen) atoms. The van der Waals surface area contributed by atoms with Crippen LogP contribution in [0.5, 0.6) is 5.75 Å². The highest BCUT2D eigenvalue weighted by Crippen LogP contribution is 2.41. The molecule has 0 unspecified atom stereocenters. The summed E-state index contributed by atoms with van der Waals surface area (Å²) in [5.74, 6) is 0.573. The van der Waals surface area contributed by atoms with Gasteiger partial charge in [0.2, 0.25) is 5.82 Å². The number of benzene rings is 1. The number of carbonyl (C=O) groups is 2. The number of ether oxygens (including phenoxy) is 1. The first-order valence-electron chi connectivity index (χ1n) is 15.2. The van der Waals surface area contributed by atoms with Gasteiger partial charge in [-0.15, -0.1) is 5.10 Å². The predicted octanol–water partition coefficient (Wildman–Crippen LogP) is 4.05. The van der Waals surface area contributed by atoms with E-state index in [1.165, 1.54) is 11.6 Å². The van der Waals surface area contributed by atoms with Crippen molar-refractivity contribution in [2.75, 3.05) is 56.2 Å². The number of carbonyl (C=O) groups excluding carboxylic acids is 1. The molecule has 3 aliphatic rings. The molecule has 0 aliphatic carbocycles. The Bertz CT molecular complexity index is 1770. The lowest BCUT2D eigenvalue weighted by molar-refractivity contribution is 0.0689. The maximum absolute atomic E-state index is 13.7. The molecule has 3 aromatic heterocycles. The minimum atomic E-state index is -1.03. The number of fused-ring (bicyclic) bond motifs is 1. The van der Waals surface area contributed by atoms with Crippen LogP contribution in [0.1, 0.15) is 58.4 Å². The smallest absolute Gasteiger partial charge is 0.354 e. The van der Waals surface area contributed by atoms with Crippen molar-refractivity contribution in [2.45, 2.75) is 38.5 Å². The molecule has 0 radical (unpaired) electrons. The Morgan fingerprint density at radius 1 is 0.932 bits per heavy atom. The Morgan fingerprint density at radius 3 is 2.55 bits per heavy atom. The Balaban J connectivity index is 1.06. The fraction of sp³-hybridized carbons (Fsp3) is 0.424. The van der Waals surface area contributed by atoms with Crippen LogP contribution in [0.2, 0.25) is 0 Å². The summed E-state index contributed by atoms with van der Waals surface area (Å²) in [4.78, 5) is 40.4. The summed E-state index contributed by atoms with van der Waals surface area (Å²) < 4.78 is 7.22. The van der Waals surface area contributed by atoms with Crippen molar-refractivity contribution in [1.82, 2.24) is 24.5 Å². The van der Waals surface area contributed by atoms with Gasteiger partial charge < -0.3 is 24.5 Å². The number of methoxy groups -OCH3 is 1. The van der Waals surface area contributed by atoms with Gasteiger partial charge in [-0.05, 0) is 67.6 Å². The van der Waals surface area contributed by atoms with Crippen LogP contribution in [0, 0.1) is 12.3 Å². The Hall–Kier alpha value is -4.67. The summed E-state index contributed by atoms with van der Waals surface area (Å²) in [6.07, 6.45) is 4.81. The lowest BCUT2D eigenvalue weighted by Crippen LogP contribution is -2.34. The number of rotatable bonds is 6. The van der Waals surface area contributed by atoms with Crippen molar-refractivity contribution in [1.29, 1.82) is 0 Å². The van der Waals surface area contributed by atoms with E-state index in [9.17, 15) is 14.7 Å². The van der Waals surface area contributed by atoms with Gasteiger partial charge in [0.25, 0.3) is 5.91 Å². The van der Waals surface area contributed by atoms with Gasteiger partial charge in [-0.25, -0.2) is 19.3 Å². The molecule has 7 rings (SSSR count). The van der Waals surface area contributed by atoms with E-state index in [2.05, 4.69) is 56.1 Å². The van der Waals surface area contributed by atoms with E-state index in [0.717, 1.165) is 62.4 Å². The maximum atomic E-state index is 13.7. The lowest BCUT2D eigenvalue weighted by Gasteiger charge is -2.26.